The minimum absolute atomic E-state index is 0.146. The van der Waals surface area contributed by atoms with E-state index >= 15 is 0 Å². The van der Waals surface area contributed by atoms with Crippen LogP contribution in [0.4, 0.5) is 0 Å². The molecule has 2 aromatic carbocycles. The lowest BCUT2D eigenvalue weighted by Crippen LogP contribution is -2.40. The van der Waals surface area contributed by atoms with Crippen LogP contribution in [0.5, 0.6) is 5.75 Å². The van der Waals surface area contributed by atoms with E-state index in [4.69, 9.17) is 9.47 Å². The van der Waals surface area contributed by atoms with Gasteiger partial charge < -0.3 is 14.4 Å². The van der Waals surface area contributed by atoms with Gasteiger partial charge in [-0.2, -0.15) is 4.31 Å². The Morgan fingerprint density at radius 3 is 2.47 bits per heavy atom. The van der Waals surface area contributed by atoms with Crippen molar-refractivity contribution >= 4 is 15.9 Å². The second kappa shape index (κ2) is 8.75. The minimum Gasteiger partial charge on any atom is -0.497 e. The van der Waals surface area contributed by atoms with Gasteiger partial charge in [0.15, 0.2) is 0 Å². The zero-order valence-electron chi connectivity index (χ0n) is 17.0. The molecule has 30 heavy (non-hydrogen) atoms. The van der Waals surface area contributed by atoms with Crippen LogP contribution in [-0.4, -0.2) is 63.0 Å². The van der Waals surface area contributed by atoms with E-state index in [-0.39, 0.29) is 16.8 Å². The molecule has 1 amide bonds. The molecule has 4 rings (SSSR count). The number of sulfonamides is 1. The van der Waals surface area contributed by atoms with Crippen molar-refractivity contribution in [1.29, 1.82) is 0 Å². The van der Waals surface area contributed by atoms with Crippen molar-refractivity contribution in [2.45, 2.75) is 30.3 Å². The van der Waals surface area contributed by atoms with E-state index < -0.39 is 10.0 Å². The highest BCUT2D eigenvalue weighted by Crippen LogP contribution is 2.30. The first-order chi connectivity index (χ1) is 14.5. The van der Waals surface area contributed by atoms with Crippen LogP contribution >= 0.6 is 0 Å². The van der Waals surface area contributed by atoms with Gasteiger partial charge in [-0.15, -0.1) is 0 Å². The summed E-state index contributed by atoms with van der Waals surface area (Å²) in [4.78, 5) is 15.3. The molecule has 2 aromatic rings. The van der Waals surface area contributed by atoms with Crippen LogP contribution in [0.25, 0.3) is 0 Å². The predicted molar refractivity (Wildman–Crippen MR) is 112 cm³/mol. The summed E-state index contributed by atoms with van der Waals surface area (Å²) >= 11 is 0. The lowest BCUT2D eigenvalue weighted by atomic mass is 10.1. The van der Waals surface area contributed by atoms with E-state index in [1.165, 1.54) is 10.4 Å². The molecule has 0 spiro atoms. The smallest absolute Gasteiger partial charge is 0.254 e. The Morgan fingerprint density at radius 2 is 1.83 bits per heavy atom. The molecule has 1 aliphatic heterocycles. The van der Waals surface area contributed by atoms with E-state index in [1.54, 1.807) is 25.3 Å². The molecule has 1 heterocycles. The molecule has 1 aliphatic carbocycles. The summed E-state index contributed by atoms with van der Waals surface area (Å²) in [5, 5.41) is 0. The summed E-state index contributed by atoms with van der Waals surface area (Å²) in [6.07, 6.45) is 1.93. The molecule has 1 saturated carbocycles. The second-order valence-corrected chi connectivity index (χ2v) is 9.49. The molecule has 2 fully saturated rings. The number of carbonyl (C=O) groups is 1. The number of carbonyl (C=O) groups excluding carboxylic acids is 1. The summed E-state index contributed by atoms with van der Waals surface area (Å²) in [6.45, 7) is 1.90. The van der Waals surface area contributed by atoms with Gasteiger partial charge in [-0.3, -0.25) is 4.79 Å². The number of methoxy groups -OCH3 is 1. The molecule has 0 aromatic heterocycles. The van der Waals surface area contributed by atoms with Gasteiger partial charge in [-0.1, -0.05) is 18.2 Å². The molecule has 0 unspecified atom stereocenters. The van der Waals surface area contributed by atoms with Gasteiger partial charge in [0.1, 0.15) is 5.75 Å². The lowest BCUT2D eigenvalue weighted by molar-refractivity contribution is 0.0725. The third-order valence-corrected chi connectivity index (χ3v) is 7.34. The van der Waals surface area contributed by atoms with Crippen molar-refractivity contribution in [3.8, 4) is 5.75 Å². The first kappa shape index (κ1) is 20.8. The summed E-state index contributed by atoms with van der Waals surface area (Å²) in [7, 11) is -2.03. The zero-order valence-corrected chi connectivity index (χ0v) is 17.8. The molecular weight excluding hydrogens is 404 g/mol. The molecule has 7 nitrogen and oxygen atoms in total. The molecule has 1 saturated heterocycles. The van der Waals surface area contributed by atoms with Crippen LogP contribution in [0.15, 0.2) is 53.4 Å². The van der Waals surface area contributed by atoms with Gasteiger partial charge in [-0.25, -0.2) is 8.42 Å². The van der Waals surface area contributed by atoms with Gasteiger partial charge in [-0.05, 0) is 48.7 Å². The van der Waals surface area contributed by atoms with Gasteiger partial charge in [0, 0.05) is 31.2 Å². The van der Waals surface area contributed by atoms with Gasteiger partial charge >= 0.3 is 0 Å². The van der Waals surface area contributed by atoms with Gasteiger partial charge in [0.05, 0.1) is 25.2 Å². The Kier molecular flexibility index (Phi) is 6.08. The Balaban J connectivity index is 1.55. The summed E-state index contributed by atoms with van der Waals surface area (Å²) in [5.41, 5.74) is 1.40. The topological polar surface area (TPSA) is 76.2 Å². The Hall–Kier alpha value is -2.42. The van der Waals surface area contributed by atoms with Gasteiger partial charge in [0.2, 0.25) is 10.0 Å². The van der Waals surface area contributed by atoms with Crippen molar-refractivity contribution in [3.63, 3.8) is 0 Å². The molecule has 0 bridgehead atoms. The maximum absolute atomic E-state index is 13.3. The van der Waals surface area contributed by atoms with E-state index in [1.807, 2.05) is 29.2 Å². The summed E-state index contributed by atoms with van der Waals surface area (Å²) in [5.74, 6) is 0.622. The predicted octanol–water partition coefficient (Wildman–Crippen LogP) is 2.52. The SMILES string of the molecule is COc1ccc(CN(C(=O)c2cccc(S(=O)(=O)N3CCOCC3)c2)C2CC2)cc1. The van der Waals surface area contributed by atoms with Crippen LogP contribution < -0.4 is 4.74 Å². The standard InChI is InChI=1S/C22H26N2O5S/c1-28-20-9-5-17(6-10-20)16-24(19-7-8-19)22(25)18-3-2-4-21(15-18)30(26,27)23-11-13-29-14-12-23/h2-6,9-10,15,19H,7-8,11-14,16H2,1H3. The summed E-state index contributed by atoms with van der Waals surface area (Å²) < 4.78 is 37.8. The fourth-order valence-electron chi connectivity index (χ4n) is 3.57. The van der Waals surface area contributed by atoms with Gasteiger partial charge in [0.25, 0.3) is 5.91 Å². The number of hydrogen-bond donors (Lipinski definition) is 0. The van der Waals surface area contributed by atoms with Crippen LogP contribution in [0.1, 0.15) is 28.8 Å². The first-order valence-corrected chi connectivity index (χ1v) is 11.5. The molecular formula is C22H26N2O5S. The van der Waals surface area contributed by atoms with Crippen molar-refractivity contribution in [2.24, 2.45) is 0 Å². The van der Waals surface area contributed by atoms with Crippen molar-refractivity contribution in [2.75, 3.05) is 33.4 Å². The number of amides is 1. The average molecular weight is 431 g/mol. The quantitative estimate of drug-likeness (QED) is 0.675. The molecule has 0 radical (unpaired) electrons. The molecule has 0 atom stereocenters. The van der Waals surface area contributed by atoms with Crippen LogP contribution in [0, 0.1) is 0 Å². The Morgan fingerprint density at radius 1 is 1.13 bits per heavy atom. The normalized spacial score (nSPS) is 17.5. The van der Waals surface area contributed by atoms with Crippen LogP contribution in [-0.2, 0) is 21.3 Å². The monoisotopic (exact) mass is 430 g/mol. The minimum atomic E-state index is -3.65. The zero-order chi connectivity index (χ0) is 21.1. The largest absolute Gasteiger partial charge is 0.497 e. The molecule has 2 aliphatic rings. The van der Waals surface area contributed by atoms with E-state index in [2.05, 4.69) is 0 Å². The molecule has 160 valence electrons. The fraction of sp³-hybridized carbons (Fsp3) is 0.409. The van der Waals surface area contributed by atoms with Crippen LogP contribution in [0.3, 0.4) is 0 Å². The molecule has 0 N–H and O–H groups in total. The lowest BCUT2D eigenvalue weighted by Gasteiger charge is -2.26. The van der Waals surface area contributed by atoms with E-state index in [0.717, 1.165) is 24.2 Å². The highest BCUT2D eigenvalue weighted by atomic mass is 32.2. The number of nitrogens with zero attached hydrogens (tertiary/aromatic N) is 2. The third-order valence-electron chi connectivity index (χ3n) is 5.45. The molecule has 8 heteroatoms. The average Bonchev–Trinajstić information content (AvgIpc) is 3.63. The maximum atomic E-state index is 13.3. The van der Waals surface area contributed by atoms with Crippen LogP contribution in [0.2, 0.25) is 0 Å². The van der Waals surface area contributed by atoms with E-state index in [0.29, 0.717) is 38.4 Å². The fourth-order valence-corrected chi connectivity index (χ4v) is 5.03. The third kappa shape index (κ3) is 4.50. The number of ether oxygens (including phenoxy) is 2. The number of rotatable bonds is 7. The first-order valence-electron chi connectivity index (χ1n) is 10.1. The van der Waals surface area contributed by atoms with E-state index in [9.17, 15) is 13.2 Å². The number of benzene rings is 2. The summed E-state index contributed by atoms with van der Waals surface area (Å²) in [6, 6.07) is 14.2. The number of morpholine rings is 1. The highest BCUT2D eigenvalue weighted by Gasteiger charge is 2.34. The second-order valence-electron chi connectivity index (χ2n) is 7.56. The van der Waals surface area contributed by atoms with Crippen molar-refractivity contribution in [3.05, 3.63) is 59.7 Å². The highest BCUT2D eigenvalue weighted by molar-refractivity contribution is 7.89. The Bertz CT molecular complexity index is 996. The number of hydrogen-bond acceptors (Lipinski definition) is 5. The maximum Gasteiger partial charge on any atom is 0.254 e. The van der Waals surface area contributed by atoms with Crippen molar-refractivity contribution < 1.29 is 22.7 Å². The Labute approximate surface area is 177 Å². The van der Waals surface area contributed by atoms with Crippen molar-refractivity contribution in [1.82, 2.24) is 9.21 Å².